The van der Waals surface area contributed by atoms with Crippen LogP contribution in [0.3, 0.4) is 0 Å². The number of carbonyl (C=O) groups excluding carboxylic acids is 1. The zero-order valence-corrected chi connectivity index (χ0v) is 12.8. The predicted molar refractivity (Wildman–Crippen MR) is 77.0 cm³/mol. The second-order valence-corrected chi connectivity index (χ2v) is 6.13. The standard InChI is InChI=1S/C13H27NO3S/c1-5-7-14-13(4,12(16)17-6-2)10-11(3)18-9-8-15/h11,14-15H,5-10H2,1-4H3. The summed E-state index contributed by atoms with van der Waals surface area (Å²) in [4.78, 5) is 12.0. The number of nitrogens with one attached hydrogen (secondary N) is 1. The van der Waals surface area contributed by atoms with Crippen molar-refractivity contribution < 1.29 is 14.6 Å². The van der Waals surface area contributed by atoms with E-state index in [0.717, 1.165) is 13.0 Å². The molecule has 0 saturated heterocycles. The molecule has 0 rings (SSSR count). The molecule has 4 nitrogen and oxygen atoms in total. The second kappa shape index (κ2) is 9.64. The summed E-state index contributed by atoms with van der Waals surface area (Å²) >= 11 is 1.67. The highest BCUT2D eigenvalue weighted by molar-refractivity contribution is 7.99. The summed E-state index contributed by atoms with van der Waals surface area (Å²) in [6.07, 6.45) is 1.68. The van der Waals surface area contributed by atoms with Crippen LogP contribution in [-0.2, 0) is 9.53 Å². The Morgan fingerprint density at radius 3 is 2.67 bits per heavy atom. The number of carbonyl (C=O) groups is 1. The van der Waals surface area contributed by atoms with E-state index in [0.29, 0.717) is 24.0 Å². The van der Waals surface area contributed by atoms with Gasteiger partial charge in [-0.05, 0) is 33.2 Å². The van der Waals surface area contributed by atoms with E-state index in [2.05, 4.69) is 19.2 Å². The molecule has 2 N–H and O–H groups in total. The molecule has 0 heterocycles. The van der Waals surface area contributed by atoms with Gasteiger partial charge in [-0.1, -0.05) is 13.8 Å². The van der Waals surface area contributed by atoms with Gasteiger partial charge in [-0.3, -0.25) is 4.79 Å². The van der Waals surface area contributed by atoms with Gasteiger partial charge in [-0.15, -0.1) is 0 Å². The molecule has 18 heavy (non-hydrogen) atoms. The molecule has 0 aromatic heterocycles. The van der Waals surface area contributed by atoms with Crippen molar-refractivity contribution in [2.75, 3.05) is 25.5 Å². The van der Waals surface area contributed by atoms with Gasteiger partial charge in [-0.25, -0.2) is 0 Å². The van der Waals surface area contributed by atoms with Gasteiger partial charge in [0.15, 0.2) is 0 Å². The third-order valence-electron chi connectivity index (χ3n) is 2.68. The fraction of sp³-hybridized carbons (Fsp3) is 0.923. The number of thioether (sulfide) groups is 1. The SMILES string of the molecule is CCCNC(C)(CC(C)SCCO)C(=O)OCC. The summed E-state index contributed by atoms with van der Waals surface area (Å²) in [6, 6.07) is 0. The maximum absolute atomic E-state index is 12.0. The Morgan fingerprint density at radius 2 is 2.17 bits per heavy atom. The summed E-state index contributed by atoms with van der Waals surface area (Å²) in [5.74, 6) is 0.517. The van der Waals surface area contributed by atoms with Crippen molar-refractivity contribution in [1.29, 1.82) is 0 Å². The van der Waals surface area contributed by atoms with Gasteiger partial charge in [0, 0.05) is 11.0 Å². The molecule has 0 radical (unpaired) electrons. The molecule has 5 heteroatoms. The average molecular weight is 277 g/mol. The molecular weight excluding hydrogens is 250 g/mol. The molecule has 2 atom stereocenters. The molecule has 0 fully saturated rings. The maximum atomic E-state index is 12.0. The first-order valence-corrected chi connectivity index (χ1v) is 7.69. The van der Waals surface area contributed by atoms with E-state index in [1.165, 1.54) is 0 Å². The van der Waals surface area contributed by atoms with Crippen LogP contribution in [0.4, 0.5) is 0 Å². The molecule has 0 aliphatic heterocycles. The molecule has 0 saturated carbocycles. The van der Waals surface area contributed by atoms with Crippen LogP contribution in [0.1, 0.15) is 40.5 Å². The number of ether oxygens (including phenoxy) is 1. The third kappa shape index (κ3) is 6.61. The smallest absolute Gasteiger partial charge is 0.326 e. The Bertz CT molecular complexity index is 238. The van der Waals surface area contributed by atoms with E-state index in [1.54, 1.807) is 11.8 Å². The Morgan fingerprint density at radius 1 is 1.50 bits per heavy atom. The van der Waals surface area contributed by atoms with Crippen LogP contribution in [0, 0.1) is 0 Å². The topological polar surface area (TPSA) is 58.6 Å². The normalized spacial score (nSPS) is 16.1. The van der Waals surface area contributed by atoms with Crippen LogP contribution in [0.25, 0.3) is 0 Å². The number of hydrogen-bond acceptors (Lipinski definition) is 5. The van der Waals surface area contributed by atoms with Crippen molar-refractivity contribution in [1.82, 2.24) is 5.32 Å². The first-order valence-electron chi connectivity index (χ1n) is 6.64. The minimum Gasteiger partial charge on any atom is -0.465 e. The third-order valence-corrected chi connectivity index (χ3v) is 3.83. The number of rotatable bonds is 10. The van der Waals surface area contributed by atoms with Crippen LogP contribution in [0.5, 0.6) is 0 Å². The molecular formula is C13H27NO3S. The first-order chi connectivity index (χ1) is 8.50. The number of esters is 1. The second-order valence-electron chi connectivity index (χ2n) is 4.59. The fourth-order valence-electron chi connectivity index (χ4n) is 1.81. The molecule has 0 aromatic carbocycles. The van der Waals surface area contributed by atoms with Gasteiger partial charge in [0.05, 0.1) is 13.2 Å². The molecule has 0 aromatic rings. The van der Waals surface area contributed by atoms with Crippen LogP contribution in [-0.4, -0.2) is 47.4 Å². The van der Waals surface area contributed by atoms with Crippen LogP contribution >= 0.6 is 11.8 Å². The zero-order valence-electron chi connectivity index (χ0n) is 12.0. The quantitative estimate of drug-likeness (QED) is 0.596. The monoisotopic (exact) mass is 277 g/mol. The average Bonchev–Trinajstić information content (AvgIpc) is 2.34. The van der Waals surface area contributed by atoms with Gasteiger partial charge >= 0.3 is 5.97 Å². The lowest BCUT2D eigenvalue weighted by atomic mass is 9.96. The molecule has 0 aliphatic rings. The lowest BCUT2D eigenvalue weighted by Crippen LogP contribution is -2.52. The summed E-state index contributed by atoms with van der Waals surface area (Å²) in [7, 11) is 0. The number of aliphatic hydroxyl groups excluding tert-OH is 1. The van der Waals surface area contributed by atoms with E-state index in [4.69, 9.17) is 9.84 Å². The van der Waals surface area contributed by atoms with E-state index < -0.39 is 5.54 Å². The Hall–Kier alpha value is -0.260. The highest BCUT2D eigenvalue weighted by atomic mass is 32.2. The summed E-state index contributed by atoms with van der Waals surface area (Å²) in [6.45, 7) is 9.24. The van der Waals surface area contributed by atoms with Crippen molar-refractivity contribution in [2.24, 2.45) is 0 Å². The lowest BCUT2D eigenvalue weighted by Gasteiger charge is -2.31. The fourth-order valence-corrected chi connectivity index (χ4v) is 2.77. The summed E-state index contributed by atoms with van der Waals surface area (Å²) in [5.41, 5.74) is -0.631. The minimum absolute atomic E-state index is 0.174. The highest BCUT2D eigenvalue weighted by Crippen LogP contribution is 2.23. The van der Waals surface area contributed by atoms with Crippen molar-refractivity contribution in [2.45, 2.75) is 51.3 Å². The van der Waals surface area contributed by atoms with Gasteiger partial charge in [0.2, 0.25) is 0 Å². The first kappa shape index (κ1) is 17.7. The van der Waals surface area contributed by atoms with Gasteiger partial charge < -0.3 is 15.2 Å². The Labute approximate surface area is 115 Å². The maximum Gasteiger partial charge on any atom is 0.326 e. The summed E-state index contributed by atoms with van der Waals surface area (Å²) < 4.78 is 5.15. The molecule has 108 valence electrons. The van der Waals surface area contributed by atoms with E-state index in [9.17, 15) is 4.79 Å². The van der Waals surface area contributed by atoms with E-state index in [-0.39, 0.29) is 12.6 Å². The van der Waals surface area contributed by atoms with Crippen molar-refractivity contribution in [3.8, 4) is 0 Å². The predicted octanol–water partition coefficient (Wildman–Crippen LogP) is 1.81. The molecule has 0 amide bonds. The molecule has 0 aliphatic carbocycles. The van der Waals surface area contributed by atoms with Crippen molar-refractivity contribution in [3.63, 3.8) is 0 Å². The molecule has 0 spiro atoms. The number of hydrogen-bond donors (Lipinski definition) is 2. The number of aliphatic hydroxyl groups is 1. The zero-order chi connectivity index (χ0) is 14.0. The Kier molecular flexibility index (Phi) is 9.50. The minimum atomic E-state index is -0.631. The van der Waals surface area contributed by atoms with Crippen molar-refractivity contribution in [3.05, 3.63) is 0 Å². The summed E-state index contributed by atoms with van der Waals surface area (Å²) in [5, 5.41) is 12.4. The van der Waals surface area contributed by atoms with Gasteiger partial charge in [0.25, 0.3) is 0 Å². The largest absolute Gasteiger partial charge is 0.465 e. The highest BCUT2D eigenvalue weighted by Gasteiger charge is 2.35. The molecule has 0 bridgehead atoms. The Balaban J connectivity index is 4.49. The van der Waals surface area contributed by atoms with Crippen LogP contribution in [0.15, 0.2) is 0 Å². The van der Waals surface area contributed by atoms with Gasteiger partial charge in [-0.2, -0.15) is 11.8 Å². The molecule has 2 unspecified atom stereocenters. The van der Waals surface area contributed by atoms with E-state index >= 15 is 0 Å². The van der Waals surface area contributed by atoms with Gasteiger partial charge in [0.1, 0.15) is 5.54 Å². The van der Waals surface area contributed by atoms with Crippen LogP contribution < -0.4 is 5.32 Å². The lowest BCUT2D eigenvalue weighted by molar-refractivity contribution is -0.150. The van der Waals surface area contributed by atoms with Crippen LogP contribution in [0.2, 0.25) is 0 Å². The van der Waals surface area contributed by atoms with E-state index in [1.807, 2.05) is 13.8 Å². The van der Waals surface area contributed by atoms with Crippen molar-refractivity contribution >= 4 is 17.7 Å².